The monoisotopic (exact) mass is 289 g/mol. The molecule has 5 heteroatoms. The molecule has 0 spiro atoms. The lowest BCUT2D eigenvalue weighted by Gasteiger charge is -2.47. The molecular formula is C16H23N3O2. The fraction of sp³-hybridized carbons (Fsp3) is 0.688. The molecule has 1 aromatic rings. The summed E-state index contributed by atoms with van der Waals surface area (Å²) in [5.74, 6) is 0.456. The van der Waals surface area contributed by atoms with Crippen molar-refractivity contribution in [1.29, 1.82) is 0 Å². The number of piperidine rings is 1. The molecule has 21 heavy (non-hydrogen) atoms. The number of aromatic nitrogens is 2. The van der Waals surface area contributed by atoms with Crippen molar-refractivity contribution < 1.29 is 9.90 Å². The van der Waals surface area contributed by atoms with Gasteiger partial charge >= 0.3 is 5.97 Å². The molecule has 1 aromatic heterocycles. The predicted octanol–water partition coefficient (Wildman–Crippen LogP) is 2.71. The smallest absolute Gasteiger partial charge is 0.326 e. The van der Waals surface area contributed by atoms with E-state index < -0.39 is 12.0 Å². The molecule has 3 rings (SSSR count). The van der Waals surface area contributed by atoms with Gasteiger partial charge in [0.1, 0.15) is 6.04 Å². The Balaban J connectivity index is 2.00. The summed E-state index contributed by atoms with van der Waals surface area (Å²) in [6.45, 7) is 3.88. The van der Waals surface area contributed by atoms with Gasteiger partial charge in [0, 0.05) is 17.4 Å². The average molecular weight is 289 g/mol. The summed E-state index contributed by atoms with van der Waals surface area (Å²) in [7, 11) is 0. The number of aryl methyl sites for hydroxylation is 2. The zero-order valence-electron chi connectivity index (χ0n) is 12.7. The third kappa shape index (κ3) is 2.74. The first-order valence-corrected chi connectivity index (χ1v) is 7.89. The van der Waals surface area contributed by atoms with E-state index in [1.54, 1.807) is 0 Å². The lowest BCUT2D eigenvalue weighted by atomic mass is 9.76. The number of carbonyl (C=O) groups is 1. The van der Waals surface area contributed by atoms with Gasteiger partial charge in [0.2, 0.25) is 5.95 Å². The number of aliphatic carboxylic acids is 1. The van der Waals surface area contributed by atoms with Gasteiger partial charge in [-0.3, -0.25) is 0 Å². The Morgan fingerprint density at radius 3 is 2.48 bits per heavy atom. The minimum Gasteiger partial charge on any atom is -0.480 e. The van der Waals surface area contributed by atoms with Gasteiger partial charge in [-0.25, -0.2) is 14.8 Å². The summed E-state index contributed by atoms with van der Waals surface area (Å²) >= 11 is 0. The van der Waals surface area contributed by atoms with E-state index in [1.807, 2.05) is 24.8 Å². The standard InChI is InChI=1S/C16H23N3O2/c1-10-9-11(2)18-16(17-10)19-13-6-4-3-5-12(13)7-8-14(19)15(20)21/h9,12-14H,3-8H2,1-2H3,(H,20,21). The Bertz CT molecular complexity index is 526. The Morgan fingerprint density at radius 2 is 1.81 bits per heavy atom. The second-order valence-electron chi connectivity index (χ2n) is 6.40. The highest BCUT2D eigenvalue weighted by Crippen LogP contribution is 2.39. The van der Waals surface area contributed by atoms with Crippen LogP contribution >= 0.6 is 0 Å². The number of carboxylic acid groups (broad SMARTS) is 1. The van der Waals surface area contributed by atoms with Gasteiger partial charge in [-0.15, -0.1) is 0 Å². The summed E-state index contributed by atoms with van der Waals surface area (Å²) in [4.78, 5) is 22.8. The van der Waals surface area contributed by atoms with E-state index in [0.717, 1.165) is 24.2 Å². The second kappa shape index (κ2) is 5.62. The summed E-state index contributed by atoms with van der Waals surface area (Å²) in [6, 6.07) is 1.74. The third-order valence-corrected chi connectivity index (χ3v) is 4.86. The molecule has 1 saturated heterocycles. The Hall–Kier alpha value is -1.65. The van der Waals surface area contributed by atoms with Gasteiger partial charge in [0.15, 0.2) is 0 Å². The molecule has 1 aliphatic heterocycles. The number of rotatable bonds is 2. The molecule has 2 fully saturated rings. The highest BCUT2D eigenvalue weighted by Gasteiger charge is 2.42. The fourth-order valence-electron chi connectivity index (χ4n) is 3.99. The molecular weight excluding hydrogens is 266 g/mol. The number of anilines is 1. The van der Waals surface area contributed by atoms with Crippen molar-refractivity contribution in [1.82, 2.24) is 9.97 Å². The van der Waals surface area contributed by atoms with Gasteiger partial charge in [0.25, 0.3) is 0 Å². The SMILES string of the molecule is Cc1cc(C)nc(N2C(C(=O)O)CCC3CCCCC32)n1. The van der Waals surface area contributed by atoms with Crippen LogP contribution in [0.15, 0.2) is 6.07 Å². The molecule has 2 heterocycles. The van der Waals surface area contributed by atoms with E-state index in [1.165, 1.54) is 19.3 Å². The molecule has 3 unspecified atom stereocenters. The minimum atomic E-state index is -0.748. The molecule has 5 nitrogen and oxygen atoms in total. The summed E-state index contributed by atoms with van der Waals surface area (Å²) in [6.07, 6.45) is 6.42. The van der Waals surface area contributed by atoms with Gasteiger partial charge in [-0.1, -0.05) is 12.8 Å². The maximum Gasteiger partial charge on any atom is 0.326 e. The summed E-state index contributed by atoms with van der Waals surface area (Å²) in [5, 5.41) is 9.60. The number of nitrogens with zero attached hydrogens (tertiary/aromatic N) is 3. The van der Waals surface area contributed by atoms with E-state index in [9.17, 15) is 9.90 Å². The molecule has 1 aliphatic carbocycles. The molecule has 0 amide bonds. The van der Waals surface area contributed by atoms with Crippen LogP contribution in [0.25, 0.3) is 0 Å². The van der Waals surface area contributed by atoms with Crippen LogP contribution in [0.1, 0.15) is 49.9 Å². The zero-order valence-corrected chi connectivity index (χ0v) is 12.7. The van der Waals surface area contributed by atoms with Crippen molar-refractivity contribution in [2.75, 3.05) is 4.90 Å². The van der Waals surface area contributed by atoms with Crippen molar-refractivity contribution in [3.63, 3.8) is 0 Å². The van der Waals surface area contributed by atoms with Crippen LogP contribution in [0.4, 0.5) is 5.95 Å². The fourth-order valence-corrected chi connectivity index (χ4v) is 3.99. The van der Waals surface area contributed by atoms with Crippen molar-refractivity contribution >= 4 is 11.9 Å². The topological polar surface area (TPSA) is 66.3 Å². The van der Waals surface area contributed by atoms with Crippen LogP contribution in [0.2, 0.25) is 0 Å². The molecule has 0 radical (unpaired) electrons. The van der Waals surface area contributed by atoms with E-state index in [4.69, 9.17) is 0 Å². The predicted molar refractivity (Wildman–Crippen MR) is 80.4 cm³/mol. The highest BCUT2D eigenvalue weighted by molar-refractivity contribution is 5.78. The van der Waals surface area contributed by atoms with Crippen LogP contribution in [0.5, 0.6) is 0 Å². The summed E-state index contributed by atoms with van der Waals surface area (Å²) in [5.41, 5.74) is 1.80. The van der Waals surface area contributed by atoms with Crippen LogP contribution < -0.4 is 4.90 Å². The molecule has 0 aromatic carbocycles. The maximum atomic E-state index is 11.7. The van der Waals surface area contributed by atoms with E-state index >= 15 is 0 Å². The van der Waals surface area contributed by atoms with Crippen molar-refractivity contribution in [3.05, 3.63) is 17.5 Å². The molecule has 3 atom stereocenters. The van der Waals surface area contributed by atoms with Crippen LogP contribution in [-0.4, -0.2) is 33.1 Å². The Kier molecular flexibility index (Phi) is 3.83. The number of hydrogen-bond donors (Lipinski definition) is 1. The van der Waals surface area contributed by atoms with E-state index in [0.29, 0.717) is 18.3 Å². The molecule has 1 N–H and O–H groups in total. The van der Waals surface area contributed by atoms with Crippen LogP contribution in [-0.2, 0) is 4.79 Å². The quantitative estimate of drug-likeness (QED) is 0.906. The van der Waals surface area contributed by atoms with Crippen molar-refractivity contribution in [2.24, 2.45) is 5.92 Å². The first kappa shape index (κ1) is 14.3. The van der Waals surface area contributed by atoms with Crippen molar-refractivity contribution in [2.45, 2.75) is 64.5 Å². The van der Waals surface area contributed by atoms with E-state index in [2.05, 4.69) is 9.97 Å². The van der Waals surface area contributed by atoms with Gasteiger partial charge < -0.3 is 10.0 Å². The van der Waals surface area contributed by atoms with Crippen LogP contribution in [0, 0.1) is 19.8 Å². The second-order valence-corrected chi connectivity index (χ2v) is 6.40. The normalized spacial score (nSPS) is 29.0. The lowest BCUT2D eigenvalue weighted by Crippen LogP contribution is -2.56. The maximum absolute atomic E-state index is 11.7. The largest absolute Gasteiger partial charge is 0.480 e. The number of fused-ring (bicyclic) bond motifs is 1. The minimum absolute atomic E-state index is 0.287. The number of hydrogen-bond acceptors (Lipinski definition) is 4. The third-order valence-electron chi connectivity index (χ3n) is 4.86. The molecule has 0 bridgehead atoms. The first-order chi connectivity index (χ1) is 10.1. The average Bonchev–Trinajstić information content (AvgIpc) is 2.44. The molecule has 114 valence electrons. The lowest BCUT2D eigenvalue weighted by molar-refractivity contribution is -0.139. The van der Waals surface area contributed by atoms with Gasteiger partial charge in [0.05, 0.1) is 0 Å². The first-order valence-electron chi connectivity index (χ1n) is 7.89. The van der Waals surface area contributed by atoms with Gasteiger partial charge in [-0.05, 0) is 51.5 Å². The number of carboxylic acids is 1. The summed E-state index contributed by atoms with van der Waals surface area (Å²) < 4.78 is 0. The van der Waals surface area contributed by atoms with Crippen molar-refractivity contribution in [3.8, 4) is 0 Å². The Labute approximate surface area is 125 Å². The zero-order chi connectivity index (χ0) is 15.0. The Morgan fingerprint density at radius 1 is 1.14 bits per heavy atom. The molecule has 2 aliphatic rings. The van der Waals surface area contributed by atoms with Gasteiger partial charge in [-0.2, -0.15) is 0 Å². The molecule has 1 saturated carbocycles. The highest BCUT2D eigenvalue weighted by atomic mass is 16.4. The van der Waals surface area contributed by atoms with E-state index in [-0.39, 0.29) is 6.04 Å². The van der Waals surface area contributed by atoms with Crippen LogP contribution in [0.3, 0.4) is 0 Å².